The molecule has 1 saturated heterocycles. The van der Waals surface area contributed by atoms with Gasteiger partial charge in [0, 0.05) is 30.1 Å². The maximum atomic E-state index is 14.0. The van der Waals surface area contributed by atoms with Crippen LogP contribution in [0.1, 0.15) is 34.2 Å². The molecule has 24 heavy (non-hydrogen) atoms. The van der Waals surface area contributed by atoms with Crippen molar-refractivity contribution in [2.75, 3.05) is 13.1 Å². The molecule has 0 atom stereocenters. The summed E-state index contributed by atoms with van der Waals surface area (Å²) in [5.41, 5.74) is 0.0873. The van der Waals surface area contributed by atoms with Crippen LogP contribution in [-0.4, -0.2) is 30.8 Å². The SMILES string of the molecule is Cc1cnc(C2CCN(S(=O)(=O)c3cc(F)c(C)cc3F)CC2)s1. The predicted molar refractivity (Wildman–Crippen MR) is 88.7 cm³/mol. The smallest absolute Gasteiger partial charge is 0.246 e. The lowest BCUT2D eigenvalue weighted by Gasteiger charge is -2.30. The number of rotatable bonds is 3. The molecular weight excluding hydrogens is 354 g/mol. The minimum Gasteiger partial charge on any atom is -0.249 e. The molecule has 1 aliphatic heterocycles. The molecule has 1 aromatic carbocycles. The highest BCUT2D eigenvalue weighted by atomic mass is 32.2. The van der Waals surface area contributed by atoms with Crippen molar-refractivity contribution in [1.29, 1.82) is 0 Å². The van der Waals surface area contributed by atoms with Crippen molar-refractivity contribution in [1.82, 2.24) is 9.29 Å². The molecule has 0 radical (unpaired) electrons. The van der Waals surface area contributed by atoms with Crippen LogP contribution in [0.15, 0.2) is 23.2 Å². The number of thiazole rings is 1. The largest absolute Gasteiger partial charge is 0.249 e. The Bertz CT molecular complexity index is 857. The number of benzene rings is 1. The van der Waals surface area contributed by atoms with Crippen LogP contribution in [0.3, 0.4) is 0 Å². The van der Waals surface area contributed by atoms with E-state index in [0.29, 0.717) is 12.8 Å². The van der Waals surface area contributed by atoms with E-state index in [-0.39, 0.29) is 24.6 Å². The standard InChI is InChI=1S/C16H18F2N2O2S2/c1-10-7-14(18)15(8-13(10)17)24(21,22)20-5-3-12(4-6-20)16-19-9-11(2)23-16/h7-9,12H,3-6H2,1-2H3. The summed E-state index contributed by atoms with van der Waals surface area (Å²) < 4.78 is 54.2. The monoisotopic (exact) mass is 372 g/mol. The Hall–Kier alpha value is -1.38. The van der Waals surface area contributed by atoms with Gasteiger partial charge < -0.3 is 0 Å². The van der Waals surface area contributed by atoms with E-state index in [9.17, 15) is 17.2 Å². The van der Waals surface area contributed by atoms with Gasteiger partial charge >= 0.3 is 0 Å². The van der Waals surface area contributed by atoms with Crippen molar-refractivity contribution in [2.24, 2.45) is 0 Å². The first kappa shape index (κ1) is 17.4. The molecule has 130 valence electrons. The Kier molecular flexibility index (Phi) is 4.72. The lowest BCUT2D eigenvalue weighted by molar-refractivity contribution is 0.317. The molecule has 0 saturated carbocycles. The second kappa shape index (κ2) is 6.50. The number of sulfonamides is 1. The van der Waals surface area contributed by atoms with Crippen molar-refractivity contribution in [3.8, 4) is 0 Å². The average Bonchev–Trinajstić information content (AvgIpc) is 2.97. The third-order valence-corrected chi connectivity index (χ3v) is 7.26. The number of aromatic nitrogens is 1. The summed E-state index contributed by atoms with van der Waals surface area (Å²) in [6.07, 6.45) is 3.07. The summed E-state index contributed by atoms with van der Waals surface area (Å²) in [5, 5.41) is 1.01. The molecule has 0 amide bonds. The van der Waals surface area contributed by atoms with Gasteiger partial charge in [0.25, 0.3) is 0 Å². The first-order valence-corrected chi connectivity index (χ1v) is 9.93. The van der Waals surface area contributed by atoms with Crippen LogP contribution < -0.4 is 0 Å². The molecular formula is C16H18F2N2O2S2. The van der Waals surface area contributed by atoms with Crippen LogP contribution in [0.5, 0.6) is 0 Å². The van der Waals surface area contributed by atoms with Crippen molar-refractivity contribution in [3.63, 3.8) is 0 Å². The average molecular weight is 372 g/mol. The number of aryl methyl sites for hydroxylation is 2. The summed E-state index contributed by atoms with van der Waals surface area (Å²) in [6, 6.07) is 1.70. The molecule has 0 bridgehead atoms. The number of piperidine rings is 1. The minimum atomic E-state index is -4.03. The van der Waals surface area contributed by atoms with Crippen molar-refractivity contribution in [3.05, 3.63) is 45.4 Å². The van der Waals surface area contributed by atoms with Gasteiger partial charge in [-0.2, -0.15) is 4.31 Å². The quantitative estimate of drug-likeness (QED) is 0.827. The van der Waals surface area contributed by atoms with Crippen LogP contribution in [0.4, 0.5) is 8.78 Å². The Morgan fingerprint density at radius 3 is 2.42 bits per heavy atom. The Balaban J connectivity index is 1.79. The topological polar surface area (TPSA) is 50.3 Å². The van der Waals surface area contributed by atoms with Crippen molar-refractivity contribution in [2.45, 2.75) is 37.5 Å². The van der Waals surface area contributed by atoms with Gasteiger partial charge in [-0.15, -0.1) is 11.3 Å². The predicted octanol–water partition coefficient (Wildman–Crippen LogP) is 3.61. The number of hydrogen-bond acceptors (Lipinski definition) is 4. The summed E-state index contributed by atoms with van der Waals surface area (Å²) in [6.45, 7) is 3.94. The molecule has 4 nitrogen and oxygen atoms in total. The summed E-state index contributed by atoms with van der Waals surface area (Å²) in [7, 11) is -4.03. The van der Waals surface area contributed by atoms with Crippen LogP contribution in [-0.2, 0) is 10.0 Å². The van der Waals surface area contributed by atoms with Crippen LogP contribution in [0.2, 0.25) is 0 Å². The Morgan fingerprint density at radius 1 is 1.17 bits per heavy atom. The molecule has 0 unspecified atom stereocenters. The van der Waals surface area contributed by atoms with E-state index < -0.39 is 26.6 Å². The highest BCUT2D eigenvalue weighted by molar-refractivity contribution is 7.89. The van der Waals surface area contributed by atoms with Gasteiger partial charge in [-0.3, -0.25) is 0 Å². The van der Waals surface area contributed by atoms with Crippen molar-refractivity contribution < 1.29 is 17.2 Å². The molecule has 8 heteroatoms. The fourth-order valence-electron chi connectivity index (χ4n) is 2.87. The molecule has 3 rings (SSSR count). The van der Waals surface area contributed by atoms with E-state index in [2.05, 4.69) is 4.98 Å². The Morgan fingerprint density at radius 2 is 1.83 bits per heavy atom. The van der Waals surface area contributed by atoms with E-state index in [4.69, 9.17) is 0 Å². The highest BCUT2D eigenvalue weighted by Gasteiger charge is 2.33. The van der Waals surface area contributed by atoms with Crippen LogP contribution >= 0.6 is 11.3 Å². The first-order valence-electron chi connectivity index (χ1n) is 7.67. The minimum absolute atomic E-state index is 0.0873. The number of nitrogens with zero attached hydrogens (tertiary/aromatic N) is 2. The molecule has 2 aromatic rings. The molecule has 1 aromatic heterocycles. The lowest BCUT2D eigenvalue weighted by atomic mass is 9.99. The molecule has 0 N–H and O–H groups in total. The van der Waals surface area contributed by atoms with E-state index in [1.54, 1.807) is 11.3 Å². The zero-order chi connectivity index (χ0) is 17.5. The zero-order valence-corrected chi connectivity index (χ0v) is 15.1. The van der Waals surface area contributed by atoms with E-state index in [1.165, 1.54) is 11.2 Å². The third-order valence-electron chi connectivity index (χ3n) is 4.27. The molecule has 0 spiro atoms. The van der Waals surface area contributed by atoms with Gasteiger partial charge in [0.05, 0.1) is 5.01 Å². The molecule has 2 heterocycles. The molecule has 0 aliphatic carbocycles. The van der Waals surface area contributed by atoms with Gasteiger partial charge in [-0.05, 0) is 44.4 Å². The molecule has 1 aliphatic rings. The zero-order valence-electron chi connectivity index (χ0n) is 13.4. The second-order valence-corrected chi connectivity index (χ2v) is 9.19. The summed E-state index contributed by atoms with van der Waals surface area (Å²) in [5.74, 6) is -1.41. The van der Waals surface area contributed by atoms with E-state index >= 15 is 0 Å². The second-order valence-electron chi connectivity index (χ2n) is 6.02. The van der Waals surface area contributed by atoms with Crippen molar-refractivity contribution >= 4 is 21.4 Å². The van der Waals surface area contributed by atoms with Gasteiger partial charge in [0.2, 0.25) is 10.0 Å². The van der Waals surface area contributed by atoms with E-state index in [1.807, 2.05) is 13.1 Å². The summed E-state index contributed by atoms with van der Waals surface area (Å²) in [4.78, 5) is 4.89. The number of hydrogen-bond donors (Lipinski definition) is 0. The van der Waals surface area contributed by atoms with Gasteiger partial charge in [-0.1, -0.05) is 0 Å². The fraction of sp³-hybridized carbons (Fsp3) is 0.438. The third kappa shape index (κ3) is 3.22. The number of halogens is 2. The highest BCUT2D eigenvalue weighted by Crippen LogP contribution is 2.33. The van der Waals surface area contributed by atoms with E-state index in [0.717, 1.165) is 22.0 Å². The lowest BCUT2D eigenvalue weighted by Crippen LogP contribution is -2.38. The normalized spacial score (nSPS) is 17.3. The van der Waals surface area contributed by atoms with Crippen LogP contribution in [0, 0.1) is 25.5 Å². The molecule has 1 fully saturated rings. The first-order chi connectivity index (χ1) is 11.3. The van der Waals surface area contributed by atoms with Crippen LogP contribution in [0.25, 0.3) is 0 Å². The summed E-state index contributed by atoms with van der Waals surface area (Å²) >= 11 is 1.62. The van der Waals surface area contributed by atoms with Gasteiger partial charge in [0.1, 0.15) is 16.5 Å². The maximum absolute atomic E-state index is 14.0. The fourth-order valence-corrected chi connectivity index (χ4v) is 5.34. The maximum Gasteiger partial charge on any atom is 0.246 e. The Labute approximate surface area is 144 Å². The van der Waals surface area contributed by atoms with Gasteiger partial charge in [0.15, 0.2) is 0 Å². The van der Waals surface area contributed by atoms with Gasteiger partial charge in [-0.25, -0.2) is 22.2 Å².